The quantitative estimate of drug-likeness (QED) is 0.825. The van der Waals surface area contributed by atoms with Crippen LogP contribution in [0, 0.1) is 11.3 Å². The number of nitrogens with one attached hydrogen (secondary N) is 1. The van der Waals surface area contributed by atoms with Gasteiger partial charge in [-0.25, -0.2) is 0 Å². The Hall–Kier alpha value is -1.05. The number of rotatable bonds is 2. The van der Waals surface area contributed by atoms with Crippen molar-refractivity contribution in [2.45, 2.75) is 31.6 Å². The van der Waals surface area contributed by atoms with E-state index in [0.29, 0.717) is 10.6 Å². The lowest BCUT2D eigenvalue weighted by atomic mass is 10.1. The Balaban J connectivity index is 2.29. The van der Waals surface area contributed by atoms with Gasteiger partial charge in [-0.3, -0.25) is 4.79 Å². The number of hydrogen-bond acceptors (Lipinski definition) is 3. The number of hydrogen-bond donors (Lipinski definition) is 1. The van der Waals surface area contributed by atoms with E-state index in [9.17, 15) is 4.79 Å². The first-order valence-electron chi connectivity index (χ1n) is 5.13. The normalized spacial score (nSPS) is 15.3. The molecule has 1 aliphatic rings. The van der Waals surface area contributed by atoms with Crippen molar-refractivity contribution in [1.29, 1.82) is 5.26 Å². The highest BCUT2D eigenvalue weighted by molar-refractivity contribution is 7.16. The molecule has 0 spiro atoms. The Morgan fingerprint density at radius 2 is 2.38 bits per heavy atom. The number of nitrogens with zero attached hydrogens (tertiary/aromatic N) is 1. The van der Waals surface area contributed by atoms with Crippen LogP contribution in [0.15, 0.2) is 0 Å². The van der Waals surface area contributed by atoms with E-state index >= 15 is 0 Å². The Bertz CT molecular complexity index is 473. The molecule has 16 heavy (non-hydrogen) atoms. The zero-order valence-corrected chi connectivity index (χ0v) is 10.4. The van der Waals surface area contributed by atoms with Gasteiger partial charge in [0.2, 0.25) is 5.91 Å². The summed E-state index contributed by atoms with van der Waals surface area (Å²) in [4.78, 5) is 12.7. The van der Waals surface area contributed by atoms with Gasteiger partial charge in [-0.1, -0.05) is 0 Å². The van der Waals surface area contributed by atoms with Gasteiger partial charge in [0.25, 0.3) is 0 Å². The third kappa shape index (κ3) is 1.93. The lowest BCUT2D eigenvalue weighted by Crippen LogP contribution is -2.20. The third-order valence-corrected chi connectivity index (χ3v) is 4.04. The van der Waals surface area contributed by atoms with Crippen molar-refractivity contribution in [3.05, 3.63) is 16.0 Å². The predicted molar refractivity (Wildman–Crippen MR) is 65.0 cm³/mol. The summed E-state index contributed by atoms with van der Waals surface area (Å²) in [5, 5.41) is 11.9. The van der Waals surface area contributed by atoms with E-state index in [4.69, 9.17) is 16.9 Å². The van der Waals surface area contributed by atoms with Crippen molar-refractivity contribution in [2.75, 3.05) is 5.32 Å². The van der Waals surface area contributed by atoms with Crippen LogP contribution in [0.5, 0.6) is 0 Å². The Morgan fingerprint density at radius 3 is 3.00 bits per heavy atom. The number of thiophene rings is 1. The Kier molecular flexibility index (Phi) is 3.17. The summed E-state index contributed by atoms with van der Waals surface area (Å²) in [5.41, 5.74) is 1.74. The average molecular weight is 255 g/mol. The predicted octanol–water partition coefficient (Wildman–Crippen LogP) is 2.67. The maximum absolute atomic E-state index is 11.5. The molecule has 84 valence electrons. The molecule has 1 aliphatic carbocycles. The number of fused-ring (bicyclic) bond motifs is 1. The molecule has 1 aromatic rings. The third-order valence-electron chi connectivity index (χ3n) is 2.63. The summed E-state index contributed by atoms with van der Waals surface area (Å²) < 4.78 is 0. The molecule has 3 nitrogen and oxygen atoms in total. The highest BCUT2D eigenvalue weighted by Crippen LogP contribution is 2.38. The monoisotopic (exact) mass is 254 g/mol. The maximum Gasteiger partial charge on any atom is 0.242 e. The van der Waals surface area contributed by atoms with E-state index in [2.05, 4.69) is 11.4 Å². The van der Waals surface area contributed by atoms with Crippen molar-refractivity contribution < 1.29 is 4.79 Å². The molecule has 0 fully saturated rings. The SMILES string of the molecule is C[C@@H](Cl)C(=O)Nc1sc2c(c1C#N)CCC2. The molecule has 0 bridgehead atoms. The fourth-order valence-corrected chi connectivity index (χ4v) is 3.12. The lowest BCUT2D eigenvalue weighted by Gasteiger charge is -2.04. The van der Waals surface area contributed by atoms with Crippen LogP contribution >= 0.6 is 22.9 Å². The molecule has 1 atom stereocenters. The number of amides is 1. The number of anilines is 1. The minimum absolute atomic E-state index is 0.252. The summed E-state index contributed by atoms with van der Waals surface area (Å²) in [7, 11) is 0. The van der Waals surface area contributed by atoms with E-state index in [0.717, 1.165) is 24.8 Å². The molecule has 0 unspecified atom stereocenters. The summed E-state index contributed by atoms with van der Waals surface area (Å²) in [6, 6.07) is 2.17. The van der Waals surface area contributed by atoms with Crippen LogP contribution in [0.25, 0.3) is 0 Å². The minimum Gasteiger partial charge on any atom is -0.315 e. The van der Waals surface area contributed by atoms with Gasteiger partial charge in [-0.2, -0.15) is 5.26 Å². The van der Waals surface area contributed by atoms with Crippen molar-refractivity contribution >= 4 is 33.8 Å². The standard InChI is InChI=1S/C11H11ClN2OS/c1-6(12)10(15)14-11-8(5-13)7-3-2-4-9(7)16-11/h6H,2-4H2,1H3,(H,14,15)/t6-/m1/s1. The van der Waals surface area contributed by atoms with E-state index < -0.39 is 5.38 Å². The van der Waals surface area contributed by atoms with Gasteiger partial charge in [-0.15, -0.1) is 22.9 Å². The molecule has 1 heterocycles. The van der Waals surface area contributed by atoms with Crippen LogP contribution in [0.3, 0.4) is 0 Å². The van der Waals surface area contributed by atoms with E-state index in [1.807, 2.05) is 0 Å². The second-order valence-electron chi connectivity index (χ2n) is 3.78. The van der Waals surface area contributed by atoms with E-state index in [1.54, 1.807) is 6.92 Å². The first kappa shape index (κ1) is 11.4. The molecule has 0 radical (unpaired) electrons. The molecule has 1 amide bonds. The van der Waals surface area contributed by atoms with Crippen molar-refractivity contribution in [3.63, 3.8) is 0 Å². The second-order valence-corrected chi connectivity index (χ2v) is 5.54. The molecule has 2 rings (SSSR count). The highest BCUT2D eigenvalue weighted by atomic mass is 35.5. The second kappa shape index (κ2) is 4.44. The zero-order valence-electron chi connectivity index (χ0n) is 8.84. The van der Waals surface area contributed by atoms with Crippen LogP contribution in [-0.4, -0.2) is 11.3 Å². The summed E-state index contributed by atoms with van der Waals surface area (Å²) in [6.07, 6.45) is 3.07. The van der Waals surface area contributed by atoms with Crippen LogP contribution in [0.2, 0.25) is 0 Å². The van der Waals surface area contributed by atoms with Crippen LogP contribution in [0.1, 0.15) is 29.3 Å². The molecular formula is C11H11ClN2OS. The zero-order chi connectivity index (χ0) is 11.7. The average Bonchev–Trinajstić information content (AvgIpc) is 2.77. The number of nitriles is 1. The number of carbonyl (C=O) groups is 1. The van der Waals surface area contributed by atoms with Crippen molar-refractivity contribution in [2.24, 2.45) is 0 Å². The van der Waals surface area contributed by atoms with Crippen molar-refractivity contribution in [1.82, 2.24) is 0 Å². The fraction of sp³-hybridized carbons (Fsp3) is 0.455. The summed E-state index contributed by atoms with van der Waals surface area (Å²) >= 11 is 7.18. The smallest absolute Gasteiger partial charge is 0.242 e. The molecular weight excluding hydrogens is 244 g/mol. The van der Waals surface area contributed by atoms with E-state index in [1.165, 1.54) is 16.2 Å². The summed E-state index contributed by atoms with van der Waals surface area (Å²) in [5.74, 6) is -0.252. The van der Waals surface area contributed by atoms with Gasteiger partial charge in [0.1, 0.15) is 16.4 Å². The van der Waals surface area contributed by atoms with Gasteiger partial charge in [0.15, 0.2) is 0 Å². The Labute approximate surface area is 103 Å². The van der Waals surface area contributed by atoms with Crippen LogP contribution in [0.4, 0.5) is 5.00 Å². The van der Waals surface area contributed by atoms with Crippen molar-refractivity contribution in [3.8, 4) is 6.07 Å². The van der Waals surface area contributed by atoms with Gasteiger partial charge in [0.05, 0.1) is 5.56 Å². The molecule has 0 saturated heterocycles. The fourth-order valence-electron chi connectivity index (χ4n) is 1.82. The molecule has 0 saturated carbocycles. The number of carbonyl (C=O) groups excluding carboxylic acids is 1. The van der Waals surface area contributed by atoms with Gasteiger partial charge in [0, 0.05) is 4.88 Å². The number of halogens is 1. The lowest BCUT2D eigenvalue weighted by molar-refractivity contribution is -0.115. The number of alkyl halides is 1. The topological polar surface area (TPSA) is 52.9 Å². The summed E-state index contributed by atoms with van der Waals surface area (Å²) in [6.45, 7) is 1.62. The molecule has 0 aromatic carbocycles. The van der Waals surface area contributed by atoms with Gasteiger partial charge < -0.3 is 5.32 Å². The first-order valence-corrected chi connectivity index (χ1v) is 6.38. The van der Waals surface area contributed by atoms with Crippen LogP contribution < -0.4 is 5.32 Å². The molecule has 1 aromatic heterocycles. The largest absolute Gasteiger partial charge is 0.315 e. The highest BCUT2D eigenvalue weighted by Gasteiger charge is 2.23. The number of aryl methyl sites for hydroxylation is 1. The maximum atomic E-state index is 11.5. The minimum atomic E-state index is -0.580. The molecule has 5 heteroatoms. The Morgan fingerprint density at radius 1 is 1.62 bits per heavy atom. The van der Waals surface area contributed by atoms with Crippen LogP contribution in [-0.2, 0) is 17.6 Å². The first-order chi connectivity index (χ1) is 7.63. The molecule has 1 N–H and O–H groups in total. The molecule has 0 aliphatic heterocycles. The van der Waals surface area contributed by atoms with E-state index in [-0.39, 0.29) is 5.91 Å². The van der Waals surface area contributed by atoms with Gasteiger partial charge in [-0.05, 0) is 31.7 Å². The van der Waals surface area contributed by atoms with Gasteiger partial charge >= 0.3 is 0 Å².